The number of fused-ring (bicyclic) bond motifs is 2. The van der Waals surface area contributed by atoms with Crippen LogP contribution in [0.15, 0.2) is 22.7 Å². The highest BCUT2D eigenvalue weighted by Gasteiger charge is 2.38. The monoisotopic (exact) mass is 311 g/mol. The van der Waals surface area contributed by atoms with Gasteiger partial charge in [0.2, 0.25) is 0 Å². The summed E-state index contributed by atoms with van der Waals surface area (Å²) in [7, 11) is 0. The molecule has 0 spiro atoms. The van der Waals surface area contributed by atoms with Crippen molar-refractivity contribution in [3.63, 3.8) is 0 Å². The van der Waals surface area contributed by atoms with Gasteiger partial charge in [0.25, 0.3) is 0 Å². The predicted molar refractivity (Wildman–Crippen MR) is 74.7 cm³/mol. The predicted octanol–water partition coefficient (Wildman–Crippen LogP) is 4.11. The summed E-state index contributed by atoms with van der Waals surface area (Å²) in [6.45, 7) is 1.69. The van der Waals surface area contributed by atoms with Gasteiger partial charge in [-0.05, 0) is 61.8 Å². The van der Waals surface area contributed by atoms with Crippen LogP contribution >= 0.6 is 15.9 Å². The fraction of sp³-hybridized carbons (Fsp3) is 0.600. The molecule has 1 aromatic carbocycles. The van der Waals surface area contributed by atoms with Crippen molar-refractivity contribution in [2.75, 3.05) is 6.54 Å². The molecule has 2 bridgehead atoms. The summed E-state index contributed by atoms with van der Waals surface area (Å²) < 4.78 is 14.5. The molecule has 3 rings (SSSR count). The highest BCUT2D eigenvalue weighted by Crippen LogP contribution is 2.47. The fourth-order valence-corrected chi connectivity index (χ4v) is 4.11. The molecule has 0 aliphatic heterocycles. The minimum Gasteiger partial charge on any atom is -0.312 e. The van der Waals surface area contributed by atoms with Gasteiger partial charge in [0.05, 0.1) is 0 Å². The molecule has 2 aliphatic rings. The van der Waals surface area contributed by atoms with Crippen LogP contribution in [-0.2, 0) is 6.54 Å². The van der Waals surface area contributed by atoms with Gasteiger partial charge in [-0.2, -0.15) is 0 Å². The lowest BCUT2D eigenvalue weighted by Crippen LogP contribution is -2.26. The van der Waals surface area contributed by atoms with E-state index in [1.807, 2.05) is 6.07 Å². The second-order valence-corrected chi connectivity index (χ2v) is 6.72. The number of hydrogen-bond acceptors (Lipinski definition) is 1. The van der Waals surface area contributed by atoms with Crippen LogP contribution in [0.5, 0.6) is 0 Å². The molecule has 2 aliphatic carbocycles. The topological polar surface area (TPSA) is 12.0 Å². The Bertz CT molecular complexity index is 435. The van der Waals surface area contributed by atoms with Gasteiger partial charge >= 0.3 is 0 Å². The highest BCUT2D eigenvalue weighted by atomic mass is 79.9. The molecule has 98 valence electrons. The zero-order chi connectivity index (χ0) is 12.5. The van der Waals surface area contributed by atoms with Crippen LogP contribution in [0.4, 0.5) is 4.39 Å². The van der Waals surface area contributed by atoms with Gasteiger partial charge in [0, 0.05) is 16.6 Å². The maximum atomic E-state index is 13.6. The summed E-state index contributed by atoms with van der Waals surface area (Å²) in [4.78, 5) is 0. The van der Waals surface area contributed by atoms with Gasteiger partial charge in [-0.1, -0.05) is 22.4 Å². The van der Waals surface area contributed by atoms with Gasteiger partial charge in [-0.15, -0.1) is 0 Å². The van der Waals surface area contributed by atoms with Gasteiger partial charge < -0.3 is 5.32 Å². The zero-order valence-electron chi connectivity index (χ0n) is 10.5. The van der Waals surface area contributed by atoms with E-state index < -0.39 is 0 Å². The molecular formula is C15H19BrFN. The van der Waals surface area contributed by atoms with Crippen LogP contribution in [0.3, 0.4) is 0 Å². The van der Waals surface area contributed by atoms with Crippen LogP contribution < -0.4 is 5.32 Å². The Morgan fingerprint density at radius 1 is 1.28 bits per heavy atom. The van der Waals surface area contributed by atoms with Gasteiger partial charge in [0.15, 0.2) is 0 Å². The smallest absolute Gasteiger partial charge is 0.127 e. The largest absolute Gasteiger partial charge is 0.312 e. The van der Waals surface area contributed by atoms with Crippen LogP contribution in [-0.4, -0.2) is 6.54 Å². The standard InChI is InChI=1S/C15H19BrFN/c16-14-3-4-15(17)13(7-14)9-18-8-12-6-10-1-2-11(12)5-10/h3-4,7,10-12,18H,1-2,5-6,8-9H2. The zero-order valence-corrected chi connectivity index (χ0v) is 12.0. The SMILES string of the molecule is Fc1ccc(Br)cc1CNCC1CC2CCC1C2. The third-order valence-corrected chi connectivity index (χ3v) is 5.11. The van der Waals surface area contributed by atoms with Crippen molar-refractivity contribution in [3.05, 3.63) is 34.1 Å². The van der Waals surface area contributed by atoms with Gasteiger partial charge in [0.1, 0.15) is 5.82 Å². The number of halogens is 2. The van der Waals surface area contributed by atoms with E-state index in [0.717, 1.165) is 34.3 Å². The highest BCUT2D eigenvalue weighted by molar-refractivity contribution is 9.10. The Morgan fingerprint density at radius 3 is 2.89 bits per heavy atom. The molecule has 0 heterocycles. The van der Waals surface area contributed by atoms with Crippen LogP contribution in [0.2, 0.25) is 0 Å². The lowest BCUT2D eigenvalue weighted by molar-refractivity contribution is 0.318. The van der Waals surface area contributed by atoms with E-state index in [2.05, 4.69) is 21.2 Å². The van der Waals surface area contributed by atoms with Crippen molar-refractivity contribution < 1.29 is 4.39 Å². The number of benzene rings is 1. The maximum absolute atomic E-state index is 13.6. The molecule has 3 atom stereocenters. The van der Waals surface area contributed by atoms with Crippen LogP contribution in [0.1, 0.15) is 31.2 Å². The number of nitrogens with one attached hydrogen (secondary N) is 1. The molecule has 1 nitrogen and oxygen atoms in total. The first-order chi connectivity index (χ1) is 8.72. The number of hydrogen-bond donors (Lipinski definition) is 1. The van der Waals surface area contributed by atoms with E-state index in [1.54, 1.807) is 6.07 Å². The van der Waals surface area contributed by atoms with Crippen molar-refractivity contribution in [2.24, 2.45) is 17.8 Å². The van der Waals surface area contributed by atoms with Crippen molar-refractivity contribution in [1.82, 2.24) is 5.32 Å². The molecule has 18 heavy (non-hydrogen) atoms. The molecule has 0 saturated heterocycles. The van der Waals surface area contributed by atoms with Crippen molar-refractivity contribution in [3.8, 4) is 0 Å². The Kier molecular flexibility index (Phi) is 3.71. The first-order valence-electron chi connectivity index (χ1n) is 6.87. The summed E-state index contributed by atoms with van der Waals surface area (Å²) in [6.07, 6.45) is 5.69. The van der Waals surface area contributed by atoms with E-state index in [-0.39, 0.29) is 5.82 Å². The minimum absolute atomic E-state index is 0.112. The summed E-state index contributed by atoms with van der Waals surface area (Å²) in [6, 6.07) is 5.14. The molecule has 2 saturated carbocycles. The molecule has 3 heteroatoms. The summed E-state index contributed by atoms with van der Waals surface area (Å²) in [5.74, 6) is 2.65. The fourth-order valence-electron chi connectivity index (χ4n) is 3.70. The Hall–Kier alpha value is -0.410. The lowest BCUT2D eigenvalue weighted by atomic mass is 9.89. The van der Waals surface area contributed by atoms with Gasteiger partial charge in [-0.25, -0.2) is 4.39 Å². The van der Waals surface area contributed by atoms with E-state index in [0.29, 0.717) is 6.54 Å². The van der Waals surface area contributed by atoms with E-state index in [4.69, 9.17) is 0 Å². The molecule has 1 N–H and O–H groups in total. The minimum atomic E-state index is -0.112. The van der Waals surface area contributed by atoms with Crippen molar-refractivity contribution in [2.45, 2.75) is 32.2 Å². The second kappa shape index (κ2) is 5.30. The number of rotatable bonds is 4. The summed E-state index contributed by atoms with van der Waals surface area (Å²) in [5.41, 5.74) is 0.757. The molecule has 2 fully saturated rings. The van der Waals surface area contributed by atoms with Crippen molar-refractivity contribution in [1.29, 1.82) is 0 Å². The first-order valence-corrected chi connectivity index (χ1v) is 7.66. The Balaban J connectivity index is 1.51. The summed E-state index contributed by atoms with van der Waals surface area (Å²) >= 11 is 3.39. The molecule has 0 radical (unpaired) electrons. The van der Waals surface area contributed by atoms with Crippen LogP contribution in [0.25, 0.3) is 0 Å². The van der Waals surface area contributed by atoms with Gasteiger partial charge in [-0.3, -0.25) is 0 Å². The van der Waals surface area contributed by atoms with E-state index in [9.17, 15) is 4.39 Å². The molecule has 0 aromatic heterocycles. The molecule has 3 unspecified atom stereocenters. The molecule has 0 amide bonds. The quantitative estimate of drug-likeness (QED) is 0.882. The van der Waals surface area contributed by atoms with Crippen molar-refractivity contribution >= 4 is 15.9 Å². The molecule has 1 aromatic rings. The summed E-state index contributed by atoms with van der Waals surface area (Å²) in [5, 5.41) is 3.44. The average Bonchev–Trinajstić information content (AvgIpc) is 2.96. The van der Waals surface area contributed by atoms with Crippen LogP contribution in [0, 0.1) is 23.6 Å². The second-order valence-electron chi connectivity index (χ2n) is 5.80. The molecular weight excluding hydrogens is 293 g/mol. The third-order valence-electron chi connectivity index (χ3n) is 4.61. The maximum Gasteiger partial charge on any atom is 0.127 e. The third kappa shape index (κ3) is 2.62. The first kappa shape index (κ1) is 12.6. The van der Waals surface area contributed by atoms with E-state index >= 15 is 0 Å². The Morgan fingerprint density at radius 2 is 2.17 bits per heavy atom. The normalized spacial score (nSPS) is 30.0. The Labute approximate surface area is 116 Å². The van der Waals surface area contributed by atoms with E-state index in [1.165, 1.54) is 31.7 Å². The average molecular weight is 312 g/mol. The lowest BCUT2D eigenvalue weighted by Gasteiger charge is -2.22.